The molecule has 0 aliphatic rings. The first-order valence-corrected chi connectivity index (χ1v) is 7.85. The van der Waals surface area contributed by atoms with Crippen molar-refractivity contribution >= 4 is 0 Å². The van der Waals surface area contributed by atoms with Gasteiger partial charge in [0.1, 0.15) is 5.75 Å². The lowest BCUT2D eigenvalue weighted by Crippen LogP contribution is -2.25. The van der Waals surface area contributed by atoms with E-state index in [-0.39, 0.29) is 6.04 Å². The summed E-state index contributed by atoms with van der Waals surface area (Å²) < 4.78 is 11.4. The van der Waals surface area contributed by atoms with Crippen molar-refractivity contribution in [3.05, 3.63) is 29.8 Å². The van der Waals surface area contributed by atoms with Crippen molar-refractivity contribution in [2.45, 2.75) is 46.1 Å². The Balaban J connectivity index is 2.52. The van der Waals surface area contributed by atoms with Crippen molar-refractivity contribution in [3.8, 4) is 5.75 Å². The lowest BCUT2D eigenvalue weighted by Gasteiger charge is -2.19. The second kappa shape index (κ2) is 10.7. The van der Waals surface area contributed by atoms with Crippen LogP contribution in [0, 0.1) is 0 Å². The monoisotopic (exact) mass is 279 g/mol. The molecule has 1 aromatic rings. The van der Waals surface area contributed by atoms with Crippen LogP contribution in [0.15, 0.2) is 24.3 Å². The minimum Gasteiger partial charge on any atom is -0.494 e. The van der Waals surface area contributed by atoms with Crippen molar-refractivity contribution in [1.29, 1.82) is 0 Å². The van der Waals surface area contributed by atoms with E-state index in [0.29, 0.717) is 0 Å². The molecular formula is C17H29NO2. The van der Waals surface area contributed by atoms with Gasteiger partial charge in [-0.05, 0) is 37.1 Å². The normalized spacial score (nSPS) is 12.3. The van der Waals surface area contributed by atoms with Crippen molar-refractivity contribution < 1.29 is 9.47 Å². The van der Waals surface area contributed by atoms with Crippen LogP contribution in [-0.2, 0) is 4.74 Å². The first-order chi connectivity index (χ1) is 9.81. The average molecular weight is 279 g/mol. The Labute approximate surface area is 123 Å². The highest BCUT2D eigenvalue weighted by atomic mass is 16.5. The van der Waals surface area contributed by atoms with Crippen LogP contribution < -0.4 is 10.1 Å². The molecule has 1 unspecified atom stereocenters. The van der Waals surface area contributed by atoms with Crippen molar-refractivity contribution in [1.82, 2.24) is 5.32 Å². The molecule has 3 nitrogen and oxygen atoms in total. The van der Waals surface area contributed by atoms with E-state index in [1.165, 1.54) is 12.0 Å². The summed E-state index contributed by atoms with van der Waals surface area (Å²) in [5, 5.41) is 3.47. The molecule has 1 N–H and O–H groups in total. The predicted octanol–water partition coefficient (Wildman–Crippen LogP) is 3.94. The standard InChI is InChI=1S/C17H29NO2/c1-4-7-13-19-14-17(18-6-3)15-8-10-16(11-9-15)20-12-5-2/h8-11,17-18H,4-7,12-14H2,1-3H3. The maximum absolute atomic E-state index is 5.74. The molecule has 0 heterocycles. The summed E-state index contributed by atoms with van der Waals surface area (Å²) in [7, 11) is 0. The Morgan fingerprint density at radius 2 is 1.75 bits per heavy atom. The molecule has 0 fully saturated rings. The first-order valence-electron chi connectivity index (χ1n) is 7.85. The number of unbranched alkanes of at least 4 members (excludes halogenated alkanes) is 1. The highest BCUT2D eigenvalue weighted by Crippen LogP contribution is 2.18. The zero-order valence-electron chi connectivity index (χ0n) is 13.2. The largest absolute Gasteiger partial charge is 0.494 e. The molecule has 3 heteroatoms. The van der Waals surface area contributed by atoms with Crippen LogP contribution in [0.3, 0.4) is 0 Å². The number of benzene rings is 1. The quantitative estimate of drug-likeness (QED) is 0.622. The number of hydrogen-bond acceptors (Lipinski definition) is 3. The highest BCUT2D eigenvalue weighted by Gasteiger charge is 2.10. The smallest absolute Gasteiger partial charge is 0.119 e. The first kappa shape index (κ1) is 17.0. The summed E-state index contributed by atoms with van der Waals surface area (Å²) in [4.78, 5) is 0. The Morgan fingerprint density at radius 3 is 2.35 bits per heavy atom. The molecule has 1 atom stereocenters. The fourth-order valence-corrected chi connectivity index (χ4v) is 1.98. The maximum Gasteiger partial charge on any atom is 0.119 e. The second-order valence-electron chi connectivity index (χ2n) is 4.96. The molecular weight excluding hydrogens is 250 g/mol. The highest BCUT2D eigenvalue weighted by molar-refractivity contribution is 5.29. The van der Waals surface area contributed by atoms with Crippen molar-refractivity contribution in [2.24, 2.45) is 0 Å². The van der Waals surface area contributed by atoms with Gasteiger partial charge in [0.05, 0.1) is 19.3 Å². The van der Waals surface area contributed by atoms with Gasteiger partial charge in [-0.2, -0.15) is 0 Å². The minimum atomic E-state index is 0.261. The van der Waals surface area contributed by atoms with E-state index in [2.05, 4.69) is 38.2 Å². The van der Waals surface area contributed by atoms with Gasteiger partial charge < -0.3 is 14.8 Å². The SMILES string of the molecule is CCCCOCC(NCC)c1ccc(OCCC)cc1. The van der Waals surface area contributed by atoms with Gasteiger partial charge in [-0.25, -0.2) is 0 Å². The Hall–Kier alpha value is -1.06. The van der Waals surface area contributed by atoms with Gasteiger partial charge in [-0.1, -0.05) is 39.3 Å². The number of ether oxygens (including phenoxy) is 2. The van der Waals surface area contributed by atoms with E-state index in [4.69, 9.17) is 9.47 Å². The molecule has 0 aliphatic heterocycles. The second-order valence-corrected chi connectivity index (χ2v) is 4.96. The average Bonchev–Trinajstić information content (AvgIpc) is 2.49. The zero-order valence-corrected chi connectivity index (χ0v) is 13.2. The Bertz CT molecular complexity index is 337. The van der Waals surface area contributed by atoms with Gasteiger partial charge in [0.25, 0.3) is 0 Å². The van der Waals surface area contributed by atoms with Gasteiger partial charge in [0.2, 0.25) is 0 Å². The summed E-state index contributed by atoms with van der Waals surface area (Å²) in [6.45, 7) is 9.70. The van der Waals surface area contributed by atoms with Crippen molar-refractivity contribution in [3.63, 3.8) is 0 Å². The van der Waals surface area contributed by atoms with Crippen molar-refractivity contribution in [2.75, 3.05) is 26.4 Å². The summed E-state index contributed by atoms with van der Waals surface area (Å²) in [6.07, 6.45) is 3.34. The van der Waals surface area contributed by atoms with Crippen LogP contribution in [0.1, 0.15) is 51.6 Å². The zero-order chi connectivity index (χ0) is 14.6. The van der Waals surface area contributed by atoms with E-state index in [1.807, 2.05) is 12.1 Å². The summed E-state index contributed by atoms with van der Waals surface area (Å²) in [5.41, 5.74) is 1.26. The summed E-state index contributed by atoms with van der Waals surface area (Å²) in [5.74, 6) is 0.942. The third kappa shape index (κ3) is 6.40. The number of likely N-dealkylation sites (N-methyl/N-ethyl adjacent to an activating group) is 1. The molecule has 1 aromatic carbocycles. The molecule has 1 rings (SSSR count). The van der Waals surface area contributed by atoms with Gasteiger partial charge in [-0.15, -0.1) is 0 Å². The van der Waals surface area contributed by atoms with E-state index < -0.39 is 0 Å². The lowest BCUT2D eigenvalue weighted by molar-refractivity contribution is 0.109. The summed E-state index contributed by atoms with van der Waals surface area (Å²) >= 11 is 0. The van der Waals surface area contributed by atoms with Gasteiger partial charge in [-0.3, -0.25) is 0 Å². The van der Waals surface area contributed by atoms with Crippen LogP contribution in [0.5, 0.6) is 5.75 Å². The number of hydrogen-bond donors (Lipinski definition) is 1. The van der Waals surface area contributed by atoms with Gasteiger partial charge in [0, 0.05) is 6.61 Å². The Morgan fingerprint density at radius 1 is 1.00 bits per heavy atom. The molecule has 0 aromatic heterocycles. The molecule has 0 amide bonds. The lowest BCUT2D eigenvalue weighted by atomic mass is 10.1. The van der Waals surface area contributed by atoms with Gasteiger partial charge in [0.15, 0.2) is 0 Å². The third-order valence-electron chi connectivity index (χ3n) is 3.13. The third-order valence-corrected chi connectivity index (χ3v) is 3.13. The van der Waals surface area contributed by atoms with Crippen LogP contribution in [0.25, 0.3) is 0 Å². The topological polar surface area (TPSA) is 30.5 Å². The number of rotatable bonds is 11. The molecule has 0 spiro atoms. The predicted molar refractivity (Wildman–Crippen MR) is 84.4 cm³/mol. The molecule has 20 heavy (non-hydrogen) atoms. The van der Waals surface area contributed by atoms with E-state index in [0.717, 1.165) is 45.0 Å². The van der Waals surface area contributed by atoms with Crippen LogP contribution in [0.2, 0.25) is 0 Å². The number of nitrogens with one attached hydrogen (secondary N) is 1. The molecule has 0 saturated carbocycles. The molecule has 114 valence electrons. The molecule has 0 bridgehead atoms. The van der Waals surface area contributed by atoms with E-state index in [9.17, 15) is 0 Å². The molecule has 0 aliphatic carbocycles. The van der Waals surface area contributed by atoms with E-state index in [1.54, 1.807) is 0 Å². The summed E-state index contributed by atoms with van der Waals surface area (Å²) in [6, 6.07) is 8.60. The molecule has 0 radical (unpaired) electrons. The van der Waals surface area contributed by atoms with Crippen LogP contribution >= 0.6 is 0 Å². The van der Waals surface area contributed by atoms with Crippen LogP contribution in [-0.4, -0.2) is 26.4 Å². The minimum absolute atomic E-state index is 0.261. The fourth-order valence-electron chi connectivity index (χ4n) is 1.98. The van der Waals surface area contributed by atoms with E-state index >= 15 is 0 Å². The fraction of sp³-hybridized carbons (Fsp3) is 0.647. The maximum atomic E-state index is 5.74. The van der Waals surface area contributed by atoms with Gasteiger partial charge >= 0.3 is 0 Å². The Kier molecular flexibility index (Phi) is 9.09. The molecule has 0 saturated heterocycles. The van der Waals surface area contributed by atoms with Crippen LogP contribution in [0.4, 0.5) is 0 Å².